The second-order valence-electron chi connectivity index (χ2n) is 3.92. The number of rotatable bonds is 2. The van der Waals surface area contributed by atoms with Gasteiger partial charge in [-0.15, -0.1) is 11.5 Å². The van der Waals surface area contributed by atoms with Gasteiger partial charge in [-0.25, -0.2) is 0 Å². The fraction of sp³-hybridized carbons (Fsp3) is 0.250. The molecule has 2 aromatic rings. The molecule has 0 atom stereocenters. The Kier molecular flexibility index (Phi) is 8.73. The second kappa shape index (κ2) is 9.46. The van der Waals surface area contributed by atoms with Crippen molar-refractivity contribution in [3.8, 4) is 11.5 Å². The Balaban J connectivity index is 0.000000324. The van der Waals surface area contributed by atoms with Crippen LogP contribution in [-0.2, 0) is 29.3 Å². The molecular formula is C16H18NiO2. The van der Waals surface area contributed by atoms with Crippen molar-refractivity contribution in [2.75, 3.05) is 0 Å². The summed E-state index contributed by atoms with van der Waals surface area (Å²) < 4.78 is 0. The average molecular weight is 301 g/mol. The van der Waals surface area contributed by atoms with Gasteiger partial charge in [-0.2, -0.15) is 0 Å². The Morgan fingerprint density at radius 2 is 1.00 bits per heavy atom. The van der Waals surface area contributed by atoms with Gasteiger partial charge < -0.3 is 10.2 Å². The first-order chi connectivity index (χ1) is 8.69. The summed E-state index contributed by atoms with van der Waals surface area (Å²) in [5, 5.41) is 21.7. The minimum atomic E-state index is 0. The zero-order valence-electron chi connectivity index (χ0n) is 11.2. The average Bonchev–Trinajstić information content (AvgIpc) is 2.41. The van der Waals surface area contributed by atoms with Gasteiger partial charge >= 0.3 is 16.5 Å². The number of hydrogen-bond donors (Lipinski definition) is 0. The van der Waals surface area contributed by atoms with E-state index in [2.05, 4.69) is 0 Å². The minimum Gasteiger partial charge on any atom is -0.872 e. The van der Waals surface area contributed by atoms with Crippen LogP contribution in [-0.4, -0.2) is 0 Å². The van der Waals surface area contributed by atoms with E-state index in [-0.39, 0.29) is 28.0 Å². The van der Waals surface area contributed by atoms with Crippen molar-refractivity contribution in [3.63, 3.8) is 0 Å². The van der Waals surface area contributed by atoms with E-state index in [0.29, 0.717) is 0 Å². The van der Waals surface area contributed by atoms with E-state index in [9.17, 15) is 10.2 Å². The smallest absolute Gasteiger partial charge is 0.872 e. The number of benzene rings is 2. The van der Waals surface area contributed by atoms with E-state index in [1.807, 2.05) is 38.1 Å². The van der Waals surface area contributed by atoms with Gasteiger partial charge in [0, 0.05) is 0 Å². The van der Waals surface area contributed by atoms with E-state index >= 15 is 0 Å². The van der Waals surface area contributed by atoms with E-state index in [0.717, 1.165) is 24.0 Å². The van der Waals surface area contributed by atoms with Crippen LogP contribution in [0.25, 0.3) is 0 Å². The predicted molar refractivity (Wildman–Crippen MR) is 70.5 cm³/mol. The summed E-state index contributed by atoms with van der Waals surface area (Å²) in [6.07, 6.45) is 1.67. The fourth-order valence-corrected chi connectivity index (χ4v) is 1.59. The SMILES string of the molecule is CCc1ccccc1[O-].CCc1ccccc1[O-].[Ni+2]. The molecule has 0 aliphatic heterocycles. The molecule has 0 saturated carbocycles. The van der Waals surface area contributed by atoms with Crippen molar-refractivity contribution in [2.45, 2.75) is 26.7 Å². The third-order valence-electron chi connectivity index (χ3n) is 2.71. The van der Waals surface area contributed by atoms with Crippen LogP contribution in [0.5, 0.6) is 11.5 Å². The molecule has 0 unspecified atom stereocenters. The third-order valence-corrected chi connectivity index (χ3v) is 2.71. The molecule has 0 bridgehead atoms. The van der Waals surface area contributed by atoms with Crippen molar-refractivity contribution in [2.24, 2.45) is 0 Å². The van der Waals surface area contributed by atoms with Crippen LogP contribution in [0, 0.1) is 0 Å². The molecule has 2 nitrogen and oxygen atoms in total. The van der Waals surface area contributed by atoms with Crippen LogP contribution in [0.3, 0.4) is 0 Å². The fourth-order valence-electron chi connectivity index (χ4n) is 1.59. The largest absolute Gasteiger partial charge is 2.00 e. The van der Waals surface area contributed by atoms with Crippen LogP contribution < -0.4 is 10.2 Å². The van der Waals surface area contributed by atoms with Crippen molar-refractivity contribution < 1.29 is 26.7 Å². The molecule has 3 heteroatoms. The van der Waals surface area contributed by atoms with Gasteiger partial charge in [-0.05, 0) is 12.8 Å². The third kappa shape index (κ3) is 5.80. The van der Waals surface area contributed by atoms with Crippen molar-refractivity contribution in [1.82, 2.24) is 0 Å². The molecule has 0 spiro atoms. The first-order valence-corrected chi connectivity index (χ1v) is 6.18. The predicted octanol–water partition coefficient (Wildman–Crippen LogP) is 2.64. The first kappa shape index (κ1) is 17.5. The second-order valence-corrected chi connectivity index (χ2v) is 3.92. The van der Waals surface area contributed by atoms with Gasteiger partial charge in [0.25, 0.3) is 0 Å². The molecule has 0 heterocycles. The van der Waals surface area contributed by atoms with Crippen molar-refractivity contribution in [3.05, 3.63) is 59.7 Å². The Hall–Kier alpha value is -1.47. The Morgan fingerprint density at radius 1 is 0.684 bits per heavy atom. The minimum absolute atomic E-state index is 0. The van der Waals surface area contributed by atoms with Crippen LogP contribution >= 0.6 is 0 Å². The number of aryl methyl sites for hydroxylation is 2. The van der Waals surface area contributed by atoms with E-state index < -0.39 is 0 Å². The summed E-state index contributed by atoms with van der Waals surface area (Å²) in [6.45, 7) is 3.97. The van der Waals surface area contributed by atoms with Crippen molar-refractivity contribution in [1.29, 1.82) is 0 Å². The number of para-hydroxylation sites is 2. The summed E-state index contributed by atoms with van der Waals surface area (Å²) in [4.78, 5) is 0. The molecule has 19 heavy (non-hydrogen) atoms. The van der Waals surface area contributed by atoms with Gasteiger partial charge in [0.2, 0.25) is 0 Å². The topological polar surface area (TPSA) is 46.1 Å². The van der Waals surface area contributed by atoms with Crippen LogP contribution in [0.1, 0.15) is 25.0 Å². The summed E-state index contributed by atoms with van der Waals surface area (Å²) in [5.41, 5.74) is 1.80. The maximum Gasteiger partial charge on any atom is 2.00 e. The van der Waals surface area contributed by atoms with Gasteiger partial charge in [0.15, 0.2) is 0 Å². The molecule has 0 radical (unpaired) electrons. The van der Waals surface area contributed by atoms with Gasteiger partial charge in [-0.1, -0.05) is 73.5 Å². The molecule has 2 aromatic carbocycles. The Labute approximate surface area is 125 Å². The number of hydrogen-bond acceptors (Lipinski definition) is 2. The summed E-state index contributed by atoms with van der Waals surface area (Å²) in [5.74, 6) is 0.306. The molecular weight excluding hydrogens is 283 g/mol. The maximum atomic E-state index is 10.9. The van der Waals surface area contributed by atoms with Crippen LogP contribution in [0.2, 0.25) is 0 Å². The van der Waals surface area contributed by atoms with E-state index in [4.69, 9.17) is 0 Å². The van der Waals surface area contributed by atoms with Crippen molar-refractivity contribution >= 4 is 0 Å². The van der Waals surface area contributed by atoms with E-state index in [1.54, 1.807) is 24.3 Å². The van der Waals surface area contributed by atoms with E-state index in [1.165, 1.54) is 0 Å². The monoisotopic (exact) mass is 300 g/mol. The van der Waals surface area contributed by atoms with Crippen LogP contribution in [0.4, 0.5) is 0 Å². The summed E-state index contributed by atoms with van der Waals surface area (Å²) in [7, 11) is 0. The van der Waals surface area contributed by atoms with Gasteiger partial charge in [0.1, 0.15) is 0 Å². The first-order valence-electron chi connectivity index (χ1n) is 6.18. The van der Waals surface area contributed by atoms with Gasteiger partial charge in [-0.3, -0.25) is 0 Å². The molecule has 104 valence electrons. The van der Waals surface area contributed by atoms with Crippen LogP contribution in [0.15, 0.2) is 48.5 Å². The Bertz CT molecular complexity index is 438. The normalized spacial score (nSPS) is 8.95. The zero-order valence-corrected chi connectivity index (χ0v) is 12.2. The van der Waals surface area contributed by atoms with Gasteiger partial charge in [0.05, 0.1) is 0 Å². The summed E-state index contributed by atoms with van der Waals surface area (Å²) >= 11 is 0. The Morgan fingerprint density at radius 3 is 1.21 bits per heavy atom. The summed E-state index contributed by atoms with van der Waals surface area (Å²) in [6, 6.07) is 14.2. The molecule has 0 fully saturated rings. The molecule has 0 aromatic heterocycles. The molecule has 0 amide bonds. The quantitative estimate of drug-likeness (QED) is 0.801. The molecule has 2 rings (SSSR count). The zero-order chi connectivity index (χ0) is 13.4. The molecule has 0 N–H and O–H groups in total. The molecule has 0 aliphatic carbocycles. The molecule has 0 aliphatic rings. The molecule has 0 saturated heterocycles. The maximum absolute atomic E-state index is 10.9. The standard InChI is InChI=1S/2C8H10O.Ni/c2*1-2-7-5-3-4-6-8(7)9;/h2*3-6,9H,2H2,1H3;/q;;+2/p-2.